The Bertz CT molecular complexity index is 316. The van der Waals surface area contributed by atoms with Crippen LogP contribution >= 0.6 is 0 Å². The molecule has 0 aromatic rings. The first-order valence-electron chi connectivity index (χ1n) is 8.93. The molecule has 0 radical (unpaired) electrons. The minimum atomic E-state index is -0.0196. The minimum Gasteiger partial charge on any atom is -0.375 e. The van der Waals surface area contributed by atoms with E-state index < -0.39 is 0 Å². The maximum atomic E-state index is 5.99. The van der Waals surface area contributed by atoms with Crippen LogP contribution in [0.3, 0.4) is 0 Å². The van der Waals surface area contributed by atoms with E-state index in [0.29, 0.717) is 11.6 Å². The van der Waals surface area contributed by atoms with Crippen LogP contribution in [0, 0.1) is 5.92 Å². The number of hydrogen-bond donors (Lipinski definition) is 1. The van der Waals surface area contributed by atoms with Crippen molar-refractivity contribution in [3.63, 3.8) is 0 Å². The van der Waals surface area contributed by atoms with Crippen LogP contribution in [0.2, 0.25) is 0 Å². The van der Waals surface area contributed by atoms with E-state index in [4.69, 9.17) is 4.74 Å². The highest BCUT2D eigenvalue weighted by Gasteiger charge is 2.43. The molecule has 1 spiro atoms. The van der Waals surface area contributed by atoms with Crippen molar-refractivity contribution in [3.8, 4) is 0 Å². The number of ether oxygens (including phenoxy) is 1. The van der Waals surface area contributed by atoms with Gasteiger partial charge in [0.05, 0.1) is 12.2 Å². The summed E-state index contributed by atoms with van der Waals surface area (Å²) >= 11 is 0. The summed E-state index contributed by atoms with van der Waals surface area (Å²) in [5, 5.41) is 3.84. The molecular weight excluding hydrogens is 260 g/mol. The molecule has 1 N–H and O–H groups in total. The van der Waals surface area contributed by atoms with Gasteiger partial charge in [-0.15, -0.1) is 0 Å². The van der Waals surface area contributed by atoms with Crippen LogP contribution in [0.4, 0.5) is 0 Å². The van der Waals surface area contributed by atoms with Crippen molar-refractivity contribution >= 4 is 0 Å². The van der Waals surface area contributed by atoms with E-state index in [1.54, 1.807) is 0 Å². The summed E-state index contributed by atoms with van der Waals surface area (Å²) in [6, 6.07) is 0.658. The van der Waals surface area contributed by atoms with Gasteiger partial charge >= 0.3 is 0 Å². The molecule has 0 aromatic carbocycles. The van der Waals surface area contributed by atoms with Crippen molar-refractivity contribution in [3.05, 3.63) is 0 Å². The Hall–Kier alpha value is -0.120. The Balaban J connectivity index is 1.93. The molecule has 1 atom stereocenters. The lowest BCUT2D eigenvalue weighted by atomic mass is 9.89. The zero-order chi connectivity index (χ0) is 15.5. The van der Waals surface area contributed by atoms with Gasteiger partial charge in [0.1, 0.15) is 0 Å². The zero-order valence-corrected chi connectivity index (χ0v) is 14.9. The molecular formula is C18H36N2O. The molecule has 0 amide bonds. The van der Waals surface area contributed by atoms with E-state index >= 15 is 0 Å². The standard InChI is InChI=1S/C18H36N2O/c1-15(2)12-16-13-20(10-11-21-17(3,4)5)18(14-19-16)8-6-7-9-18/h15-16,19H,6-14H2,1-5H3. The molecule has 3 heteroatoms. The van der Waals surface area contributed by atoms with Crippen LogP contribution in [-0.2, 0) is 4.74 Å². The van der Waals surface area contributed by atoms with E-state index in [-0.39, 0.29) is 5.60 Å². The van der Waals surface area contributed by atoms with Crippen LogP contribution in [0.1, 0.15) is 66.7 Å². The smallest absolute Gasteiger partial charge is 0.0600 e. The Kier molecular flexibility index (Phi) is 5.72. The first-order valence-corrected chi connectivity index (χ1v) is 8.93. The van der Waals surface area contributed by atoms with Crippen LogP contribution in [0.5, 0.6) is 0 Å². The topological polar surface area (TPSA) is 24.5 Å². The lowest BCUT2D eigenvalue weighted by Gasteiger charge is -2.49. The molecule has 1 unspecified atom stereocenters. The van der Waals surface area contributed by atoms with Crippen LogP contribution < -0.4 is 5.32 Å². The summed E-state index contributed by atoms with van der Waals surface area (Å²) in [5.74, 6) is 0.771. The fraction of sp³-hybridized carbons (Fsp3) is 1.00. The fourth-order valence-corrected chi connectivity index (χ4v) is 4.01. The molecule has 124 valence electrons. The van der Waals surface area contributed by atoms with Gasteiger partial charge in [0.15, 0.2) is 0 Å². The van der Waals surface area contributed by atoms with Crippen molar-refractivity contribution in [1.29, 1.82) is 0 Å². The molecule has 2 fully saturated rings. The molecule has 21 heavy (non-hydrogen) atoms. The van der Waals surface area contributed by atoms with Crippen molar-refractivity contribution in [2.45, 2.75) is 83.9 Å². The number of hydrogen-bond acceptors (Lipinski definition) is 3. The Morgan fingerprint density at radius 2 is 1.90 bits per heavy atom. The zero-order valence-electron chi connectivity index (χ0n) is 14.9. The van der Waals surface area contributed by atoms with Crippen molar-refractivity contribution in [2.75, 3.05) is 26.2 Å². The van der Waals surface area contributed by atoms with Gasteiger partial charge in [0.25, 0.3) is 0 Å². The van der Waals surface area contributed by atoms with Gasteiger partial charge in [0.2, 0.25) is 0 Å². The van der Waals surface area contributed by atoms with E-state index in [9.17, 15) is 0 Å². The molecule has 1 saturated carbocycles. The second kappa shape index (κ2) is 6.97. The average Bonchev–Trinajstić information content (AvgIpc) is 2.81. The summed E-state index contributed by atoms with van der Waals surface area (Å²) < 4.78 is 5.99. The number of piperazine rings is 1. The van der Waals surface area contributed by atoms with Crippen molar-refractivity contribution in [2.24, 2.45) is 5.92 Å². The largest absolute Gasteiger partial charge is 0.375 e. The van der Waals surface area contributed by atoms with Gasteiger partial charge in [-0.2, -0.15) is 0 Å². The van der Waals surface area contributed by atoms with Gasteiger partial charge in [-0.3, -0.25) is 4.90 Å². The van der Waals surface area contributed by atoms with E-state index in [0.717, 1.165) is 19.1 Å². The highest BCUT2D eigenvalue weighted by atomic mass is 16.5. The summed E-state index contributed by atoms with van der Waals surface area (Å²) in [7, 11) is 0. The third kappa shape index (κ3) is 4.94. The fourth-order valence-electron chi connectivity index (χ4n) is 4.01. The number of nitrogens with zero attached hydrogens (tertiary/aromatic N) is 1. The minimum absolute atomic E-state index is 0.0196. The second-order valence-electron chi connectivity index (χ2n) is 8.55. The lowest BCUT2D eigenvalue weighted by molar-refractivity contribution is -0.0396. The molecule has 2 aliphatic rings. The summed E-state index contributed by atoms with van der Waals surface area (Å²) in [5.41, 5.74) is 0.406. The first kappa shape index (κ1) is 17.2. The molecule has 1 aliphatic carbocycles. The summed E-state index contributed by atoms with van der Waals surface area (Å²) in [6.45, 7) is 15.4. The Labute approximate surface area is 131 Å². The first-order chi connectivity index (χ1) is 9.81. The third-order valence-corrected chi connectivity index (χ3v) is 5.02. The van der Waals surface area contributed by atoms with Gasteiger partial charge in [0, 0.05) is 31.2 Å². The molecule has 2 rings (SSSR count). The van der Waals surface area contributed by atoms with Crippen molar-refractivity contribution < 1.29 is 4.74 Å². The molecule has 1 saturated heterocycles. The van der Waals surface area contributed by atoms with Gasteiger partial charge in [-0.1, -0.05) is 26.7 Å². The van der Waals surface area contributed by atoms with E-state index in [1.165, 1.54) is 45.2 Å². The molecule has 0 bridgehead atoms. The molecule has 3 nitrogen and oxygen atoms in total. The average molecular weight is 296 g/mol. The van der Waals surface area contributed by atoms with Gasteiger partial charge in [-0.05, 0) is 46.0 Å². The maximum absolute atomic E-state index is 5.99. The van der Waals surface area contributed by atoms with Gasteiger partial charge < -0.3 is 10.1 Å². The highest BCUT2D eigenvalue weighted by molar-refractivity contribution is 5.01. The molecule has 1 heterocycles. The summed E-state index contributed by atoms with van der Waals surface area (Å²) in [6.07, 6.45) is 6.81. The third-order valence-electron chi connectivity index (χ3n) is 5.02. The lowest BCUT2D eigenvalue weighted by Crippen LogP contribution is -2.64. The Morgan fingerprint density at radius 1 is 1.24 bits per heavy atom. The quantitative estimate of drug-likeness (QED) is 0.841. The van der Waals surface area contributed by atoms with E-state index in [2.05, 4.69) is 44.8 Å². The SMILES string of the molecule is CC(C)CC1CN(CCOC(C)(C)C)C2(CCCC2)CN1. The Morgan fingerprint density at radius 3 is 2.48 bits per heavy atom. The highest BCUT2D eigenvalue weighted by Crippen LogP contribution is 2.37. The normalized spacial score (nSPS) is 26.9. The van der Waals surface area contributed by atoms with E-state index in [1.807, 2.05) is 0 Å². The molecule has 1 aliphatic heterocycles. The number of rotatable bonds is 5. The second-order valence-corrected chi connectivity index (χ2v) is 8.55. The molecule has 0 aromatic heterocycles. The van der Waals surface area contributed by atoms with Crippen LogP contribution in [0.15, 0.2) is 0 Å². The monoisotopic (exact) mass is 296 g/mol. The maximum Gasteiger partial charge on any atom is 0.0600 e. The predicted octanol–water partition coefficient (Wildman–Crippen LogP) is 3.43. The van der Waals surface area contributed by atoms with Crippen LogP contribution in [-0.4, -0.2) is 48.3 Å². The predicted molar refractivity (Wildman–Crippen MR) is 89.7 cm³/mol. The van der Waals surface area contributed by atoms with Crippen LogP contribution in [0.25, 0.3) is 0 Å². The number of nitrogens with one attached hydrogen (secondary N) is 1. The summed E-state index contributed by atoms with van der Waals surface area (Å²) in [4.78, 5) is 2.76. The van der Waals surface area contributed by atoms with Crippen molar-refractivity contribution in [1.82, 2.24) is 10.2 Å². The van der Waals surface area contributed by atoms with Gasteiger partial charge in [-0.25, -0.2) is 0 Å².